The number of hydrogen-bond donors (Lipinski definition) is 0. The van der Waals surface area contributed by atoms with Crippen LogP contribution in [0.25, 0.3) is 0 Å². The number of hydrogen-bond acceptors (Lipinski definition) is 5. The molecule has 1 atom stereocenters. The van der Waals surface area contributed by atoms with Crippen LogP contribution in [0.1, 0.15) is 24.8 Å². The first-order chi connectivity index (χ1) is 14.7. The maximum absolute atomic E-state index is 13.4. The molecule has 0 aromatic heterocycles. The molecule has 31 heavy (non-hydrogen) atoms. The highest BCUT2D eigenvalue weighted by Crippen LogP contribution is 2.32. The van der Waals surface area contributed by atoms with Crippen molar-refractivity contribution in [1.29, 1.82) is 0 Å². The molecule has 2 aromatic carbocycles. The Morgan fingerprint density at radius 2 is 1.68 bits per heavy atom. The number of carbonyl (C=O) groups is 1. The van der Waals surface area contributed by atoms with Crippen LogP contribution in [0.5, 0.6) is 0 Å². The van der Waals surface area contributed by atoms with Crippen LogP contribution < -0.4 is 4.90 Å². The number of anilines is 1. The predicted octanol–water partition coefficient (Wildman–Crippen LogP) is 2.47. The Kier molecular flexibility index (Phi) is 5.93. The highest BCUT2D eigenvalue weighted by Gasteiger charge is 2.36. The molecule has 1 saturated heterocycles. The highest BCUT2D eigenvalue weighted by atomic mass is 32.2. The molecule has 7 nitrogen and oxygen atoms in total. The molecule has 0 aliphatic carbocycles. The minimum Gasteiger partial charge on any atom is -0.312 e. The number of nitrogens with zero attached hydrogens (tertiary/aromatic N) is 2. The molecule has 2 aliphatic rings. The largest absolute Gasteiger partial charge is 0.312 e. The van der Waals surface area contributed by atoms with E-state index >= 15 is 0 Å². The summed E-state index contributed by atoms with van der Waals surface area (Å²) in [7, 11) is -6.97. The molecule has 2 aromatic rings. The second-order valence-corrected chi connectivity index (χ2v) is 12.1. The Labute approximate surface area is 183 Å². The Morgan fingerprint density at radius 3 is 2.39 bits per heavy atom. The average molecular weight is 463 g/mol. The van der Waals surface area contributed by atoms with E-state index in [9.17, 15) is 21.6 Å². The fourth-order valence-electron chi connectivity index (χ4n) is 4.36. The van der Waals surface area contributed by atoms with Gasteiger partial charge in [-0.05, 0) is 61.6 Å². The fraction of sp³-hybridized carbons (Fsp3) is 0.409. The number of rotatable bonds is 4. The molecule has 4 rings (SSSR count). The van der Waals surface area contributed by atoms with Crippen LogP contribution in [0.15, 0.2) is 58.3 Å². The predicted molar refractivity (Wildman–Crippen MR) is 118 cm³/mol. The second kappa shape index (κ2) is 8.37. The smallest absolute Gasteiger partial charge is 0.243 e. The van der Waals surface area contributed by atoms with Crippen molar-refractivity contribution in [2.75, 3.05) is 30.8 Å². The molecule has 1 fully saturated rings. The molecule has 0 spiro atoms. The van der Waals surface area contributed by atoms with Gasteiger partial charge in [0, 0.05) is 31.6 Å². The van der Waals surface area contributed by atoms with Gasteiger partial charge in [0.1, 0.15) is 0 Å². The van der Waals surface area contributed by atoms with Gasteiger partial charge in [-0.15, -0.1) is 0 Å². The van der Waals surface area contributed by atoms with Crippen molar-refractivity contribution in [2.45, 2.75) is 35.5 Å². The van der Waals surface area contributed by atoms with Gasteiger partial charge in [-0.25, -0.2) is 16.8 Å². The van der Waals surface area contributed by atoms with Crippen LogP contribution in [0.2, 0.25) is 0 Å². The maximum Gasteiger partial charge on any atom is 0.243 e. The number of sulfonamides is 1. The Hall–Kier alpha value is -2.23. The van der Waals surface area contributed by atoms with Crippen molar-refractivity contribution < 1.29 is 21.6 Å². The molecule has 0 bridgehead atoms. The summed E-state index contributed by atoms with van der Waals surface area (Å²) in [5.74, 6) is -0.520. The van der Waals surface area contributed by atoms with Crippen molar-refractivity contribution >= 4 is 31.5 Å². The van der Waals surface area contributed by atoms with Gasteiger partial charge in [-0.2, -0.15) is 4.31 Å². The van der Waals surface area contributed by atoms with E-state index in [-0.39, 0.29) is 22.2 Å². The molecule has 9 heteroatoms. The summed E-state index contributed by atoms with van der Waals surface area (Å²) < 4.78 is 51.2. The van der Waals surface area contributed by atoms with Crippen molar-refractivity contribution in [3.63, 3.8) is 0 Å². The minimum atomic E-state index is -3.65. The van der Waals surface area contributed by atoms with E-state index in [1.54, 1.807) is 47.4 Å². The Bertz CT molecular complexity index is 1190. The maximum atomic E-state index is 13.4. The van der Waals surface area contributed by atoms with E-state index in [2.05, 4.69) is 0 Å². The third-order valence-electron chi connectivity index (χ3n) is 5.98. The van der Waals surface area contributed by atoms with Gasteiger partial charge in [0.2, 0.25) is 15.9 Å². The number of amides is 1. The first kappa shape index (κ1) is 22.0. The average Bonchev–Trinajstić information content (AvgIpc) is 2.78. The van der Waals surface area contributed by atoms with Gasteiger partial charge in [0.25, 0.3) is 0 Å². The molecular formula is C22H26N2O5S2. The quantitative estimate of drug-likeness (QED) is 0.696. The van der Waals surface area contributed by atoms with E-state index in [1.807, 2.05) is 0 Å². The topological polar surface area (TPSA) is 91.8 Å². The second-order valence-electron chi connectivity index (χ2n) is 8.17. The lowest BCUT2D eigenvalue weighted by atomic mass is 9.95. The van der Waals surface area contributed by atoms with E-state index in [0.717, 1.165) is 17.7 Å². The van der Waals surface area contributed by atoms with Gasteiger partial charge in [0.15, 0.2) is 9.84 Å². The standard InChI is InChI=1S/C22H26N2O5S2/c1-30(26,27)20-11-12-21-17(15-20)7-6-14-24(21)22(25)18-8-5-13-23(16-18)31(28,29)19-9-3-2-4-10-19/h2-4,9-12,15,18H,5-8,13-14,16H2,1H3. The lowest BCUT2D eigenvalue weighted by molar-refractivity contribution is -0.123. The summed E-state index contributed by atoms with van der Waals surface area (Å²) in [6.45, 7) is 1.10. The van der Waals surface area contributed by atoms with Gasteiger partial charge in [0.05, 0.1) is 15.7 Å². The van der Waals surface area contributed by atoms with Crippen LogP contribution in [0.3, 0.4) is 0 Å². The number of aryl methyl sites for hydroxylation is 1. The third-order valence-corrected chi connectivity index (χ3v) is 8.97. The number of sulfone groups is 1. The lowest BCUT2D eigenvalue weighted by Crippen LogP contribution is -2.48. The normalized spacial score (nSPS) is 20.3. The fourth-order valence-corrected chi connectivity index (χ4v) is 6.57. The SMILES string of the molecule is CS(=O)(=O)c1ccc2c(c1)CCCN2C(=O)C1CCCN(S(=O)(=O)c2ccccc2)C1. The molecule has 0 N–H and O–H groups in total. The molecule has 0 radical (unpaired) electrons. The van der Waals surface area contributed by atoms with Crippen molar-refractivity contribution in [3.05, 3.63) is 54.1 Å². The first-order valence-electron chi connectivity index (χ1n) is 10.4. The van der Waals surface area contributed by atoms with Gasteiger partial charge < -0.3 is 4.90 Å². The molecule has 0 saturated carbocycles. The number of carbonyl (C=O) groups excluding carboxylic acids is 1. The zero-order valence-electron chi connectivity index (χ0n) is 17.4. The van der Waals surface area contributed by atoms with Crippen molar-refractivity contribution in [2.24, 2.45) is 5.92 Å². The lowest BCUT2D eigenvalue weighted by Gasteiger charge is -2.36. The summed E-state index contributed by atoms with van der Waals surface area (Å²) >= 11 is 0. The van der Waals surface area contributed by atoms with E-state index in [4.69, 9.17) is 0 Å². The van der Waals surface area contributed by atoms with Crippen LogP contribution in [-0.4, -0.2) is 52.9 Å². The zero-order chi connectivity index (χ0) is 22.2. The monoisotopic (exact) mass is 462 g/mol. The number of fused-ring (bicyclic) bond motifs is 1. The first-order valence-corrected chi connectivity index (χ1v) is 13.7. The zero-order valence-corrected chi connectivity index (χ0v) is 19.0. The van der Waals surface area contributed by atoms with Gasteiger partial charge >= 0.3 is 0 Å². The van der Waals surface area contributed by atoms with Crippen molar-refractivity contribution in [1.82, 2.24) is 4.31 Å². The minimum absolute atomic E-state index is 0.0963. The van der Waals surface area contributed by atoms with Crippen molar-refractivity contribution in [3.8, 4) is 0 Å². The third kappa shape index (κ3) is 4.40. The molecular weight excluding hydrogens is 436 g/mol. The summed E-state index contributed by atoms with van der Waals surface area (Å²) in [4.78, 5) is 15.6. The number of benzene rings is 2. The summed E-state index contributed by atoms with van der Waals surface area (Å²) in [6, 6.07) is 13.2. The molecule has 1 amide bonds. The van der Waals surface area contributed by atoms with E-state index < -0.39 is 25.8 Å². The van der Waals surface area contributed by atoms with E-state index in [0.29, 0.717) is 32.4 Å². The van der Waals surface area contributed by atoms with Crippen LogP contribution >= 0.6 is 0 Å². The van der Waals surface area contributed by atoms with E-state index in [1.165, 1.54) is 16.6 Å². The number of piperidine rings is 1. The van der Waals surface area contributed by atoms with Crippen LogP contribution in [0, 0.1) is 5.92 Å². The summed E-state index contributed by atoms with van der Waals surface area (Å²) in [6.07, 6.45) is 3.87. The van der Waals surface area contributed by atoms with Crippen LogP contribution in [-0.2, 0) is 31.1 Å². The van der Waals surface area contributed by atoms with Gasteiger partial charge in [-0.1, -0.05) is 18.2 Å². The Morgan fingerprint density at radius 1 is 0.935 bits per heavy atom. The van der Waals surface area contributed by atoms with Crippen LogP contribution in [0.4, 0.5) is 5.69 Å². The summed E-state index contributed by atoms with van der Waals surface area (Å²) in [5, 5.41) is 0. The highest BCUT2D eigenvalue weighted by molar-refractivity contribution is 7.90. The van der Waals surface area contributed by atoms with Gasteiger partial charge in [-0.3, -0.25) is 4.79 Å². The molecule has 1 unspecified atom stereocenters. The molecule has 2 heterocycles. The molecule has 2 aliphatic heterocycles. The Balaban J connectivity index is 1.57. The molecule has 166 valence electrons. The summed E-state index contributed by atoms with van der Waals surface area (Å²) in [5.41, 5.74) is 1.57.